The first-order valence-electron chi connectivity index (χ1n) is 8.16. The number of hydrogen-bond donors (Lipinski definition) is 1. The van der Waals surface area contributed by atoms with E-state index in [1.165, 1.54) is 0 Å². The van der Waals surface area contributed by atoms with Crippen molar-refractivity contribution in [1.29, 1.82) is 0 Å². The van der Waals surface area contributed by atoms with Gasteiger partial charge in [0.2, 0.25) is 0 Å². The molecule has 136 valence electrons. The third-order valence-corrected chi connectivity index (χ3v) is 4.74. The smallest absolute Gasteiger partial charge is 0.338 e. The molecule has 2 heterocycles. The molecular weight excluding hydrogens is 352 g/mol. The molecule has 8 heteroatoms. The highest BCUT2D eigenvalue weighted by Gasteiger charge is 2.13. The lowest BCUT2D eigenvalue weighted by atomic mass is 10.2. The minimum atomic E-state index is -0.454. The van der Waals surface area contributed by atoms with Gasteiger partial charge in [0, 0.05) is 19.3 Å². The number of ether oxygens (including phenoxy) is 1. The van der Waals surface area contributed by atoms with Crippen molar-refractivity contribution >= 4 is 27.8 Å². The number of nitrogens with one attached hydrogen (secondary N) is 1. The van der Waals surface area contributed by atoms with Crippen LogP contribution in [-0.4, -0.2) is 47.1 Å². The third-order valence-electron chi connectivity index (χ3n) is 3.72. The van der Waals surface area contributed by atoms with E-state index in [1.54, 1.807) is 18.3 Å². The second-order valence-electron chi connectivity index (χ2n) is 6.00. The molecule has 0 spiro atoms. The molecule has 1 amide bonds. The summed E-state index contributed by atoms with van der Waals surface area (Å²) < 4.78 is 6.73. The molecule has 0 unspecified atom stereocenters. The minimum Gasteiger partial charge on any atom is -0.492 e. The van der Waals surface area contributed by atoms with E-state index in [9.17, 15) is 9.59 Å². The first-order chi connectivity index (χ1) is 12.5. The topological polar surface area (TPSA) is 76.5 Å². The number of pyridine rings is 1. The zero-order chi connectivity index (χ0) is 18.5. The molecule has 0 atom stereocenters. The van der Waals surface area contributed by atoms with E-state index in [4.69, 9.17) is 4.74 Å². The van der Waals surface area contributed by atoms with E-state index in [0.29, 0.717) is 23.4 Å². The maximum Gasteiger partial charge on any atom is 0.338 e. The molecule has 0 radical (unpaired) electrons. The summed E-state index contributed by atoms with van der Waals surface area (Å²) >= 11 is 1.04. The van der Waals surface area contributed by atoms with Gasteiger partial charge in [0.25, 0.3) is 5.56 Å². The summed E-state index contributed by atoms with van der Waals surface area (Å²) in [5.74, 6) is 0.786. The molecule has 0 aliphatic rings. The average Bonchev–Trinajstić information content (AvgIpc) is 2.98. The molecule has 1 N–H and O–H groups in total. The average molecular weight is 372 g/mol. The van der Waals surface area contributed by atoms with Crippen LogP contribution < -0.4 is 15.6 Å². The summed E-state index contributed by atoms with van der Waals surface area (Å²) in [7, 11) is 3.99. The SMILES string of the molecule is CN(C)CCOc1ccc(CNC(=O)n2sc3ncccc3c2=O)cc1. The van der Waals surface area contributed by atoms with E-state index in [-0.39, 0.29) is 5.56 Å². The molecule has 3 rings (SSSR count). The van der Waals surface area contributed by atoms with Crippen LogP contribution in [0.5, 0.6) is 5.75 Å². The summed E-state index contributed by atoms with van der Waals surface area (Å²) in [5, 5.41) is 3.20. The van der Waals surface area contributed by atoms with Gasteiger partial charge >= 0.3 is 6.03 Å². The number of aromatic nitrogens is 2. The number of hydrogen-bond acceptors (Lipinski definition) is 6. The summed E-state index contributed by atoms with van der Waals surface area (Å²) in [6.07, 6.45) is 1.60. The summed E-state index contributed by atoms with van der Waals surface area (Å²) in [6, 6.07) is 10.4. The summed E-state index contributed by atoms with van der Waals surface area (Å²) in [5.41, 5.74) is 0.575. The van der Waals surface area contributed by atoms with Crippen LogP contribution >= 0.6 is 11.5 Å². The second-order valence-corrected chi connectivity index (χ2v) is 6.94. The lowest BCUT2D eigenvalue weighted by Gasteiger charge is -2.11. The van der Waals surface area contributed by atoms with Crippen LogP contribution in [0.4, 0.5) is 4.79 Å². The maximum absolute atomic E-state index is 12.3. The first-order valence-corrected chi connectivity index (χ1v) is 8.93. The standard InChI is InChI=1S/C18H20N4O3S/c1-21(2)10-11-25-14-7-5-13(6-8-14)12-20-18(24)22-17(23)15-4-3-9-19-16(15)26-22/h3-9H,10-12H2,1-2H3,(H,20,24). The molecule has 3 aromatic rings. The number of benzene rings is 1. The molecule has 1 aromatic carbocycles. The number of amides is 1. The van der Waals surface area contributed by atoms with Gasteiger partial charge in [0.15, 0.2) is 0 Å². The largest absolute Gasteiger partial charge is 0.492 e. The molecule has 0 bridgehead atoms. The number of carbonyl (C=O) groups is 1. The lowest BCUT2D eigenvalue weighted by molar-refractivity contribution is 0.243. The van der Waals surface area contributed by atoms with Crippen molar-refractivity contribution in [2.75, 3.05) is 27.2 Å². The van der Waals surface area contributed by atoms with Gasteiger partial charge in [0.05, 0.1) is 5.39 Å². The Morgan fingerprint density at radius 1 is 1.27 bits per heavy atom. The quantitative estimate of drug-likeness (QED) is 0.718. The van der Waals surface area contributed by atoms with E-state index in [0.717, 1.165) is 33.3 Å². The Kier molecular flexibility index (Phi) is 5.65. The van der Waals surface area contributed by atoms with E-state index in [2.05, 4.69) is 15.2 Å². The zero-order valence-corrected chi connectivity index (χ0v) is 15.5. The van der Waals surface area contributed by atoms with Crippen LogP contribution in [0.3, 0.4) is 0 Å². The Labute approximate surface area is 155 Å². The van der Waals surface area contributed by atoms with Gasteiger partial charge in [-0.25, -0.2) is 9.78 Å². The minimum absolute atomic E-state index is 0.324. The van der Waals surface area contributed by atoms with Crippen molar-refractivity contribution in [2.45, 2.75) is 6.54 Å². The fourth-order valence-electron chi connectivity index (χ4n) is 2.30. The van der Waals surface area contributed by atoms with Crippen molar-refractivity contribution in [2.24, 2.45) is 0 Å². The molecule has 26 heavy (non-hydrogen) atoms. The molecule has 2 aromatic heterocycles. The van der Waals surface area contributed by atoms with Crippen molar-refractivity contribution in [3.8, 4) is 5.75 Å². The fraction of sp³-hybridized carbons (Fsp3) is 0.278. The van der Waals surface area contributed by atoms with Crippen LogP contribution in [0.1, 0.15) is 5.56 Å². The predicted molar refractivity (Wildman–Crippen MR) is 102 cm³/mol. The predicted octanol–water partition coefficient (Wildman–Crippen LogP) is 2.16. The van der Waals surface area contributed by atoms with Crippen molar-refractivity contribution in [3.05, 3.63) is 58.5 Å². The normalized spacial score (nSPS) is 11.0. The van der Waals surface area contributed by atoms with Gasteiger partial charge < -0.3 is 15.0 Å². The maximum atomic E-state index is 12.3. The van der Waals surface area contributed by atoms with Gasteiger partial charge in [-0.15, -0.1) is 0 Å². The fourth-order valence-corrected chi connectivity index (χ4v) is 3.16. The van der Waals surface area contributed by atoms with E-state index < -0.39 is 6.03 Å². The Hall–Kier alpha value is -2.71. The zero-order valence-electron chi connectivity index (χ0n) is 14.6. The lowest BCUT2D eigenvalue weighted by Crippen LogP contribution is -2.32. The van der Waals surface area contributed by atoms with Crippen molar-refractivity contribution in [1.82, 2.24) is 19.2 Å². The molecule has 0 aliphatic heterocycles. The van der Waals surface area contributed by atoms with Crippen LogP contribution in [-0.2, 0) is 6.54 Å². The number of fused-ring (bicyclic) bond motifs is 1. The Balaban J connectivity index is 1.58. The third kappa shape index (κ3) is 4.27. The van der Waals surface area contributed by atoms with Gasteiger partial charge in [0.1, 0.15) is 17.2 Å². The van der Waals surface area contributed by atoms with Gasteiger partial charge in [-0.2, -0.15) is 3.96 Å². The van der Waals surface area contributed by atoms with Crippen molar-refractivity contribution in [3.63, 3.8) is 0 Å². The molecule has 0 saturated heterocycles. The van der Waals surface area contributed by atoms with Crippen LogP contribution in [0.25, 0.3) is 10.2 Å². The van der Waals surface area contributed by atoms with E-state index in [1.807, 2.05) is 38.4 Å². The Morgan fingerprint density at radius 3 is 2.73 bits per heavy atom. The summed E-state index contributed by atoms with van der Waals surface area (Å²) in [4.78, 5) is 31.2. The Bertz CT molecular complexity index is 947. The van der Waals surface area contributed by atoms with Gasteiger partial charge in [-0.05, 0) is 55.5 Å². The number of nitrogens with zero attached hydrogens (tertiary/aromatic N) is 3. The molecule has 0 saturated carbocycles. The van der Waals surface area contributed by atoms with Crippen molar-refractivity contribution < 1.29 is 9.53 Å². The first kappa shape index (κ1) is 18.1. The monoisotopic (exact) mass is 372 g/mol. The second kappa shape index (κ2) is 8.11. The van der Waals surface area contributed by atoms with E-state index >= 15 is 0 Å². The molecular formula is C18H20N4O3S. The van der Waals surface area contributed by atoms with Gasteiger partial charge in [-0.1, -0.05) is 12.1 Å². The summed E-state index contributed by atoms with van der Waals surface area (Å²) in [6.45, 7) is 1.79. The number of carbonyl (C=O) groups excluding carboxylic acids is 1. The highest BCUT2D eigenvalue weighted by molar-refractivity contribution is 7.14. The molecule has 0 fully saturated rings. The molecule has 0 aliphatic carbocycles. The van der Waals surface area contributed by atoms with Crippen LogP contribution in [0.15, 0.2) is 47.4 Å². The van der Waals surface area contributed by atoms with Gasteiger partial charge in [-0.3, -0.25) is 4.79 Å². The molecule has 7 nitrogen and oxygen atoms in total. The Morgan fingerprint density at radius 2 is 2.04 bits per heavy atom. The highest BCUT2D eigenvalue weighted by Crippen LogP contribution is 2.14. The van der Waals surface area contributed by atoms with Crippen LogP contribution in [0.2, 0.25) is 0 Å². The van der Waals surface area contributed by atoms with Crippen LogP contribution in [0, 0.1) is 0 Å². The number of likely N-dealkylation sites (N-methyl/N-ethyl adjacent to an activating group) is 1. The number of rotatable bonds is 6. The highest BCUT2D eigenvalue weighted by atomic mass is 32.1.